The first kappa shape index (κ1) is 13.8. The van der Waals surface area contributed by atoms with Gasteiger partial charge in [-0.15, -0.1) is 16.4 Å². The smallest absolute Gasteiger partial charge is 0.348 e. The summed E-state index contributed by atoms with van der Waals surface area (Å²) < 4.78 is 6.45. The summed E-state index contributed by atoms with van der Waals surface area (Å²) in [5.41, 5.74) is 2.35. The highest BCUT2D eigenvalue weighted by Crippen LogP contribution is 2.32. The summed E-state index contributed by atoms with van der Waals surface area (Å²) in [6.45, 7) is 1.87. The molecule has 0 radical (unpaired) electrons. The average molecular weight is 325 g/mol. The van der Waals surface area contributed by atoms with Crippen molar-refractivity contribution in [3.63, 3.8) is 0 Å². The molecule has 4 rings (SSSR count). The van der Waals surface area contributed by atoms with Gasteiger partial charge >= 0.3 is 5.97 Å². The van der Waals surface area contributed by atoms with E-state index in [2.05, 4.69) is 20.1 Å². The number of pyridine rings is 1. The maximum atomic E-state index is 11.9. The molecule has 0 atom stereocenters. The van der Waals surface area contributed by atoms with Gasteiger partial charge in [-0.05, 0) is 24.6 Å². The normalized spacial score (nSPS) is 11.2. The van der Waals surface area contributed by atoms with Gasteiger partial charge in [0.25, 0.3) is 0 Å². The quantitative estimate of drug-likeness (QED) is 0.527. The molecule has 0 unspecified atom stereocenters. The predicted octanol–water partition coefficient (Wildman–Crippen LogP) is 2.50. The molecule has 114 valence electrons. The molecule has 0 aliphatic heterocycles. The Balaban J connectivity index is 2.00. The minimum Gasteiger partial charge on any atom is -0.465 e. The topological polar surface area (TPSA) is 82.3 Å². The number of rotatable bonds is 2. The molecule has 4 heterocycles. The summed E-state index contributed by atoms with van der Waals surface area (Å²) in [4.78, 5) is 26.1. The molecule has 0 aromatic carbocycles. The highest BCUT2D eigenvalue weighted by atomic mass is 32.1. The Morgan fingerprint density at radius 3 is 2.83 bits per heavy atom. The Kier molecular flexibility index (Phi) is 3.05. The summed E-state index contributed by atoms with van der Waals surface area (Å²) in [6, 6.07) is 3.69. The van der Waals surface area contributed by atoms with Gasteiger partial charge in [0.15, 0.2) is 11.5 Å². The number of methoxy groups -OCH3 is 1. The van der Waals surface area contributed by atoms with E-state index in [9.17, 15) is 4.79 Å². The van der Waals surface area contributed by atoms with Gasteiger partial charge in [-0.3, -0.25) is 4.98 Å². The van der Waals surface area contributed by atoms with Crippen molar-refractivity contribution in [2.45, 2.75) is 6.92 Å². The molecule has 0 saturated carbocycles. The van der Waals surface area contributed by atoms with Crippen LogP contribution in [0.2, 0.25) is 0 Å². The van der Waals surface area contributed by atoms with E-state index in [1.54, 1.807) is 23.2 Å². The molecule has 0 amide bonds. The molecule has 0 aliphatic rings. The fourth-order valence-electron chi connectivity index (χ4n) is 2.44. The highest BCUT2D eigenvalue weighted by Gasteiger charge is 2.20. The van der Waals surface area contributed by atoms with Gasteiger partial charge in [-0.25, -0.2) is 19.3 Å². The highest BCUT2D eigenvalue weighted by molar-refractivity contribution is 7.20. The largest absolute Gasteiger partial charge is 0.465 e. The second kappa shape index (κ2) is 5.10. The monoisotopic (exact) mass is 325 g/mol. The van der Waals surface area contributed by atoms with Gasteiger partial charge < -0.3 is 4.74 Å². The number of ether oxygens (including phenoxy) is 1. The van der Waals surface area contributed by atoms with Crippen LogP contribution in [0, 0.1) is 6.92 Å². The number of nitrogens with zero attached hydrogens (tertiary/aromatic N) is 5. The third kappa shape index (κ3) is 2.07. The van der Waals surface area contributed by atoms with Gasteiger partial charge in [0.1, 0.15) is 16.0 Å². The van der Waals surface area contributed by atoms with Crippen LogP contribution in [0.3, 0.4) is 0 Å². The molecule has 8 heteroatoms. The zero-order valence-corrected chi connectivity index (χ0v) is 13.2. The summed E-state index contributed by atoms with van der Waals surface area (Å²) in [6.07, 6.45) is 4.99. The van der Waals surface area contributed by atoms with Gasteiger partial charge in [0.05, 0.1) is 12.5 Å². The Morgan fingerprint density at radius 1 is 1.30 bits per heavy atom. The molecule has 7 nitrogen and oxygen atoms in total. The molecule has 0 spiro atoms. The third-order valence-corrected chi connectivity index (χ3v) is 4.76. The van der Waals surface area contributed by atoms with Gasteiger partial charge in [0, 0.05) is 18.0 Å². The predicted molar refractivity (Wildman–Crippen MR) is 85.5 cm³/mol. The lowest BCUT2D eigenvalue weighted by Crippen LogP contribution is -1.99. The number of carbonyl (C=O) groups is 1. The summed E-state index contributed by atoms with van der Waals surface area (Å²) in [7, 11) is 1.37. The number of thiophene rings is 1. The van der Waals surface area contributed by atoms with Gasteiger partial charge in [-0.2, -0.15) is 0 Å². The lowest BCUT2D eigenvalue weighted by Gasteiger charge is -1.96. The molecular weight excluding hydrogens is 314 g/mol. The number of carbonyl (C=O) groups excluding carboxylic acids is 1. The lowest BCUT2D eigenvalue weighted by atomic mass is 10.2. The van der Waals surface area contributed by atoms with Crippen molar-refractivity contribution in [2.24, 2.45) is 0 Å². The molecule has 23 heavy (non-hydrogen) atoms. The van der Waals surface area contributed by atoms with E-state index in [-0.39, 0.29) is 5.97 Å². The van der Waals surface area contributed by atoms with Crippen LogP contribution >= 0.6 is 11.3 Å². The zero-order valence-electron chi connectivity index (χ0n) is 12.3. The van der Waals surface area contributed by atoms with E-state index < -0.39 is 0 Å². The fraction of sp³-hybridized carbons (Fsp3) is 0.133. The Morgan fingerprint density at radius 2 is 2.09 bits per heavy atom. The molecule has 0 bridgehead atoms. The number of hydrogen-bond acceptors (Lipinski definition) is 7. The van der Waals surface area contributed by atoms with E-state index in [1.165, 1.54) is 18.4 Å². The first-order chi connectivity index (χ1) is 11.2. The average Bonchev–Trinajstić information content (AvgIpc) is 3.16. The fourth-order valence-corrected chi connectivity index (χ4v) is 3.51. The number of esters is 1. The second-order valence-electron chi connectivity index (χ2n) is 4.91. The maximum absolute atomic E-state index is 11.9. The Hall–Kier alpha value is -2.87. The molecule has 0 aliphatic carbocycles. The zero-order chi connectivity index (χ0) is 16.0. The van der Waals surface area contributed by atoms with Crippen LogP contribution in [0.25, 0.3) is 27.3 Å². The maximum Gasteiger partial charge on any atom is 0.348 e. The van der Waals surface area contributed by atoms with E-state index in [4.69, 9.17) is 4.74 Å². The van der Waals surface area contributed by atoms with Crippen molar-refractivity contribution in [2.75, 3.05) is 7.11 Å². The second-order valence-corrected chi connectivity index (χ2v) is 5.91. The van der Waals surface area contributed by atoms with E-state index in [0.717, 1.165) is 21.3 Å². The molecule has 0 N–H and O–H groups in total. The number of fused-ring (bicyclic) bond motifs is 3. The van der Waals surface area contributed by atoms with Crippen molar-refractivity contribution >= 4 is 33.2 Å². The van der Waals surface area contributed by atoms with Crippen molar-refractivity contribution in [3.8, 4) is 11.4 Å². The van der Waals surface area contributed by atoms with E-state index >= 15 is 0 Å². The molecule has 4 aromatic rings. The van der Waals surface area contributed by atoms with Crippen molar-refractivity contribution in [1.29, 1.82) is 0 Å². The molecular formula is C15H11N5O2S. The SMILES string of the molecule is COC(=O)c1sc2ncn3nc(-c4ccncc4)nc3c2c1C. The van der Waals surface area contributed by atoms with Crippen molar-refractivity contribution < 1.29 is 9.53 Å². The van der Waals surface area contributed by atoms with Crippen LogP contribution < -0.4 is 0 Å². The lowest BCUT2D eigenvalue weighted by molar-refractivity contribution is 0.0605. The Labute approximate surface area is 134 Å². The minimum atomic E-state index is -0.363. The van der Waals surface area contributed by atoms with Crippen LogP contribution in [-0.4, -0.2) is 37.6 Å². The van der Waals surface area contributed by atoms with Crippen molar-refractivity contribution in [3.05, 3.63) is 41.3 Å². The number of aromatic nitrogens is 5. The van der Waals surface area contributed by atoms with Crippen LogP contribution in [0.1, 0.15) is 15.2 Å². The number of aryl methyl sites for hydroxylation is 1. The van der Waals surface area contributed by atoms with Crippen LogP contribution in [0.4, 0.5) is 0 Å². The first-order valence-corrected chi connectivity index (χ1v) is 7.64. The summed E-state index contributed by atoms with van der Waals surface area (Å²) in [5, 5.41) is 5.28. The molecule has 0 fully saturated rings. The summed E-state index contributed by atoms with van der Waals surface area (Å²) >= 11 is 1.30. The van der Waals surface area contributed by atoms with Gasteiger partial charge in [0.2, 0.25) is 0 Å². The van der Waals surface area contributed by atoms with Crippen LogP contribution in [-0.2, 0) is 4.74 Å². The van der Waals surface area contributed by atoms with Crippen molar-refractivity contribution in [1.82, 2.24) is 24.6 Å². The van der Waals surface area contributed by atoms with E-state index in [0.29, 0.717) is 16.3 Å². The first-order valence-electron chi connectivity index (χ1n) is 6.82. The van der Waals surface area contributed by atoms with Crippen LogP contribution in [0.5, 0.6) is 0 Å². The van der Waals surface area contributed by atoms with E-state index in [1.807, 2.05) is 19.1 Å². The van der Waals surface area contributed by atoms with Crippen LogP contribution in [0.15, 0.2) is 30.9 Å². The third-order valence-electron chi connectivity index (χ3n) is 3.58. The minimum absolute atomic E-state index is 0.363. The molecule has 0 saturated heterocycles. The molecule has 4 aromatic heterocycles. The summed E-state index contributed by atoms with van der Waals surface area (Å²) in [5.74, 6) is 0.226. The van der Waals surface area contributed by atoms with Gasteiger partial charge in [-0.1, -0.05) is 0 Å². The Bertz CT molecular complexity index is 1040. The standard InChI is InChI=1S/C15H11N5O2S/c1-8-10-13-18-12(9-3-5-16-6-4-9)19-20(13)7-17-14(10)23-11(8)15(21)22-2/h3-7H,1-2H3. The number of hydrogen-bond donors (Lipinski definition) is 0.